The zero-order chi connectivity index (χ0) is 24.3. The molecule has 1 N–H and O–H groups in total. The maximum Gasteiger partial charge on any atom is 0.274 e. The minimum Gasteiger partial charge on any atom is -0.373 e. The first-order valence-electron chi connectivity index (χ1n) is 11.4. The van der Waals surface area contributed by atoms with Gasteiger partial charge in [0.15, 0.2) is 0 Å². The van der Waals surface area contributed by atoms with Gasteiger partial charge in [-0.25, -0.2) is 13.9 Å². The van der Waals surface area contributed by atoms with Gasteiger partial charge in [0.05, 0.1) is 35.1 Å². The van der Waals surface area contributed by atoms with Gasteiger partial charge in [-0.3, -0.25) is 9.59 Å². The van der Waals surface area contributed by atoms with E-state index in [0.717, 1.165) is 24.0 Å². The Hall–Kier alpha value is -3.79. The fourth-order valence-electron chi connectivity index (χ4n) is 5.79. The summed E-state index contributed by atoms with van der Waals surface area (Å²) in [5.74, 6) is -1.72. The number of fused-ring (bicyclic) bond motifs is 5. The molecule has 3 aliphatic rings. The van der Waals surface area contributed by atoms with Gasteiger partial charge in [0, 0.05) is 25.1 Å². The number of H-pyrrole nitrogens is 1. The van der Waals surface area contributed by atoms with Gasteiger partial charge in [-0.1, -0.05) is 18.2 Å². The van der Waals surface area contributed by atoms with Crippen molar-refractivity contribution in [3.8, 4) is 11.3 Å². The third-order valence-electron chi connectivity index (χ3n) is 7.46. The van der Waals surface area contributed by atoms with E-state index < -0.39 is 23.2 Å². The molecular formula is C25H21F2N5O3. The highest BCUT2D eigenvalue weighted by molar-refractivity contribution is 5.92. The number of rotatable bonds is 3. The number of carbonyl (C=O) groups excluding carboxylic acids is 1. The van der Waals surface area contributed by atoms with E-state index in [1.54, 1.807) is 11.0 Å². The van der Waals surface area contributed by atoms with Crippen molar-refractivity contribution < 1.29 is 18.3 Å². The summed E-state index contributed by atoms with van der Waals surface area (Å²) in [7, 11) is 0. The quantitative estimate of drug-likeness (QED) is 0.583. The Kier molecular flexibility index (Phi) is 4.89. The molecule has 3 atom stereocenters. The van der Waals surface area contributed by atoms with E-state index in [-0.39, 0.29) is 40.9 Å². The fraction of sp³-hybridized carbons (Fsp3) is 0.320. The zero-order valence-corrected chi connectivity index (χ0v) is 18.6. The standard InChI is InChI=1S/C25H21F2N5O3/c1-13-14-7-8-25(13,20-12-32(9-10-35-20)24(34)18-5-6-21(33)30-28-18)23-15(14)11-19(29-31-23)22-16(26)3-2-4-17(22)27/h2-6,11,14,20H,1,7-10,12H2,(H,30,33)/t14-,20-,25+/m1/s1. The molecule has 10 heteroatoms. The Balaban J connectivity index is 1.35. The lowest BCUT2D eigenvalue weighted by molar-refractivity contribution is -0.0521. The highest BCUT2D eigenvalue weighted by atomic mass is 19.1. The van der Waals surface area contributed by atoms with Crippen molar-refractivity contribution in [1.82, 2.24) is 25.3 Å². The number of morpholine rings is 1. The molecule has 2 aromatic heterocycles. The normalized spacial score (nSPS) is 25.1. The van der Waals surface area contributed by atoms with Crippen LogP contribution in [0.4, 0.5) is 8.78 Å². The first kappa shape index (κ1) is 21.7. The summed E-state index contributed by atoms with van der Waals surface area (Å²) >= 11 is 0. The van der Waals surface area contributed by atoms with Gasteiger partial charge in [0.25, 0.3) is 11.5 Å². The van der Waals surface area contributed by atoms with Crippen molar-refractivity contribution >= 4 is 5.91 Å². The molecular weight excluding hydrogens is 456 g/mol. The van der Waals surface area contributed by atoms with Crippen molar-refractivity contribution in [2.45, 2.75) is 30.3 Å². The van der Waals surface area contributed by atoms with Gasteiger partial charge in [-0.05, 0) is 42.7 Å². The van der Waals surface area contributed by atoms with Crippen LogP contribution in [0.15, 0.2) is 53.3 Å². The second kappa shape index (κ2) is 7.88. The Bertz CT molecular complexity index is 1400. The van der Waals surface area contributed by atoms with Gasteiger partial charge in [0.1, 0.15) is 17.3 Å². The first-order chi connectivity index (χ1) is 16.9. The van der Waals surface area contributed by atoms with Crippen LogP contribution in [-0.4, -0.2) is 57.0 Å². The summed E-state index contributed by atoms with van der Waals surface area (Å²) in [4.78, 5) is 26.0. The molecule has 1 saturated heterocycles. The van der Waals surface area contributed by atoms with Crippen LogP contribution in [0.5, 0.6) is 0 Å². The summed E-state index contributed by atoms with van der Waals surface area (Å²) in [6, 6.07) is 8.06. The molecule has 6 rings (SSSR count). The Morgan fingerprint density at radius 1 is 1.20 bits per heavy atom. The average Bonchev–Trinajstić information content (AvgIpc) is 3.33. The molecule has 0 radical (unpaired) electrons. The van der Waals surface area contributed by atoms with Gasteiger partial charge < -0.3 is 9.64 Å². The second-order valence-electron chi connectivity index (χ2n) is 9.14. The smallest absolute Gasteiger partial charge is 0.274 e. The number of aromatic nitrogens is 4. The number of amides is 1. The van der Waals surface area contributed by atoms with Gasteiger partial charge in [-0.15, -0.1) is 5.10 Å². The summed E-state index contributed by atoms with van der Waals surface area (Å²) in [5.41, 5.74) is 1.53. The highest BCUT2D eigenvalue weighted by Gasteiger charge is 2.59. The largest absolute Gasteiger partial charge is 0.373 e. The third-order valence-corrected chi connectivity index (χ3v) is 7.46. The molecule has 8 nitrogen and oxygen atoms in total. The van der Waals surface area contributed by atoms with Crippen molar-refractivity contribution in [2.75, 3.05) is 19.7 Å². The summed E-state index contributed by atoms with van der Waals surface area (Å²) in [6.07, 6.45) is 1.12. The number of hydrogen-bond acceptors (Lipinski definition) is 6. The first-order valence-corrected chi connectivity index (χ1v) is 11.4. The maximum atomic E-state index is 14.4. The van der Waals surface area contributed by atoms with E-state index in [9.17, 15) is 18.4 Å². The van der Waals surface area contributed by atoms with E-state index in [1.807, 2.05) is 0 Å². The number of nitrogens with zero attached hydrogens (tertiary/aromatic N) is 4. The summed E-state index contributed by atoms with van der Waals surface area (Å²) in [5, 5.41) is 14.8. The van der Waals surface area contributed by atoms with Crippen molar-refractivity contribution in [3.05, 3.63) is 87.5 Å². The van der Waals surface area contributed by atoms with Crippen LogP contribution >= 0.6 is 0 Å². The Labute approximate surface area is 198 Å². The summed E-state index contributed by atoms with van der Waals surface area (Å²) in [6.45, 7) is 5.35. The van der Waals surface area contributed by atoms with Crippen LogP contribution in [-0.2, 0) is 10.2 Å². The topological polar surface area (TPSA) is 101 Å². The van der Waals surface area contributed by atoms with Gasteiger partial charge in [0.2, 0.25) is 0 Å². The molecule has 1 amide bonds. The molecule has 2 bridgehead atoms. The maximum absolute atomic E-state index is 14.4. The Morgan fingerprint density at radius 2 is 2.00 bits per heavy atom. The lowest BCUT2D eigenvalue weighted by Gasteiger charge is -2.42. The van der Waals surface area contributed by atoms with Gasteiger partial charge >= 0.3 is 0 Å². The Morgan fingerprint density at radius 3 is 2.74 bits per heavy atom. The summed E-state index contributed by atoms with van der Waals surface area (Å²) < 4.78 is 35.0. The monoisotopic (exact) mass is 477 g/mol. The minimum atomic E-state index is -0.698. The predicted octanol–water partition coefficient (Wildman–Crippen LogP) is 2.73. The van der Waals surface area contributed by atoms with Crippen LogP contribution in [0.25, 0.3) is 11.3 Å². The van der Waals surface area contributed by atoms with Crippen LogP contribution in [0, 0.1) is 11.6 Å². The molecule has 3 aromatic rings. The molecule has 35 heavy (non-hydrogen) atoms. The lowest BCUT2D eigenvalue weighted by Crippen LogP contribution is -2.54. The molecule has 0 spiro atoms. The molecule has 178 valence electrons. The van der Waals surface area contributed by atoms with E-state index in [1.165, 1.54) is 30.3 Å². The average molecular weight is 477 g/mol. The minimum absolute atomic E-state index is 0.0235. The van der Waals surface area contributed by atoms with Crippen molar-refractivity contribution in [1.29, 1.82) is 0 Å². The third kappa shape index (κ3) is 3.16. The van der Waals surface area contributed by atoms with E-state index in [0.29, 0.717) is 18.8 Å². The number of carbonyl (C=O) groups is 1. The zero-order valence-electron chi connectivity index (χ0n) is 18.6. The van der Waals surface area contributed by atoms with E-state index in [2.05, 4.69) is 27.0 Å². The molecule has 1 aliphatic heterocycles. The molecule has 0 unspecified atom stereocenters. The van der Waals surface area contributed by atoms with E-state index >= 15 is 0 Å². The van der Waals surface area contributed by atoms with Crippen LogP contribution in [0.3, 0.4) is 0 Å². The molecule has 2 aliphatic carbocycles. The predicted molar refractivity (Wildman–Crippen MR) is 121 cm³/mol. The SMILES string of the molecule is C=C1[C@H]2CC[C@]1([C@H]1CN(C(=O)c3ccc(=O)[nH]n3)CCO1)c1nnc(-c3c(F)cccc3F)cc12. The number of ether oxygens (including phenoxy) is 1. The van der Waals surface area contributed by atoms with Crippen molar-refractivity contribution in [3.63, 3.8) is 0 Å². The number of hydrogen-bond donors (Lipinski definition) is 1. The number of aromatic amines is 1. The lowest BCUT2D eigenvalue weighted by atomic mass is 9.75. The van der Waals surface area contributed by atoms with Crippen LogP contribution in [0.2, 0.25) is 0 Å². The van der Waals surface area contributed by atoms with Gasteiger partial charge in [-0.2, -0.15) is 10.2 Å². The second-order valence-corrected chi connectivity index (χ2v) is 9.14. The molecule has 2 fully saturated rings. The molecule has 1 aromatic carbocycles. The molecule has 3 heterocycles. The number of nitrogens with one attached hydrogen (secondary N) is 1. The van der Waals surface area contributed by atoms with Crippen molar-refractivity contribution in [2.24, 2.45) is 0 Å². The fourth-order valence-corrected chi connectivity index (χ4v) is 5.79. The molecule has 1 saturated carbocycles. The highest BCUT2D eigenvalue weighted by Crippen LogP contribution is 2.62. The number of halogens is 2. The van der Waals surface area contributed by atoms with Crippen LogP contribution < -0.4 is 5.56 Å². The number of benzene rings is 1. The van der Waals surface area contributed by atoms with E-state index in [4.69, 9.17) is 4.74 Å². The van der Waals surface area contributed by atoms with Crippen LogP contribution in [0.1, 0.15) is 40.5 Å².